The lowest BCUT2D eigenvalue weighted by molar-refractivity contribution is -0.143. The van der Waals surface area contributed by atoms with Crippen molar-refractivity contribution in [1.82, 2.24) is 4.98 Å². The molecule has 108 valence electrons. The molecule has 0 unspecified atom stereocenters. The topological polar surface area (TPSA) is 12.9 Å². The van der Waals surface area contributed by atoms with Crippen LogP contribution in [0.3, 0.4) is 0 Å². The molecule has 1 aromatic carbocycles. The maximum Gasteiger partial charge on any atom is 0.436 e. The van der Waals surface area contributed by atoms with Gasteiger partial charge in [-0.25, -0.2) is 31.3 Å². The number of aromatic nitrogens is 1. The van der Waals surface area contributed by atoms with Gasteiger partial charge in [0.1, 0.15) is 5.52 Å². The standard InChI is InChI=1S/C10F9N/c11-2-1-3(12)7(16)9(10(17,18)19)20-8(1)6(15)5(14)4(2)13. The maximum absolute atomic E-state index is 13.3. The molecule has 0 atom stereocenters. The summed E-state index contributed by atoms with van der Waals surface area (Å²) in [5, 5.41) is -1.84. The molecule has 0 aliphatic carbocycles. The number of fused-ring (bicyclic) bond motifs is 1. The summed E-state index contributed by atoms with van der Waals surface area (Å²) in [7, 11) is 0. The number of nitrogens with zero attached hydrogens (tertiary/aromatic N) is 1. The third-order valence-corrected chi connectivity index (χ3v) is 2.35. The van der Waals surface area contributed by atoms with Gasteiger partial charge in [-0.2, -0.15) is 13.2 Å². The van der Waals surface area contributed by atoms with E-state index >= 15 is 0 Å². The predicted octanol–water partition coefficient (Wildman–Crippen LogP) is 4.09. The average Bonchev–Trinajstić information content (AvgIpc) is 2.35. The summed E-state index contributed by atoms with van der Waals surface area (Å²) in [6.45, 7) is 0. The molecule has 1 heterocycles. The van der Waals surface area contributed by atoms with Crippen molar-refractivity contribution in [1.29, 1.82) is 0 Å². The molecule has 0 aliphatic rings. The van der Waals surface area contributed by atoms with Gasteiger partial charge in [0.05, 0.1) is 5.39 Å². The van der Waals surface area contributed by atoms with Crippen LogP contribution >= 0.6 is 0 Å². The fourth-order valence-corrected chi connectivity index (χ4v) is 1.49. The minimum atomic E-state index is -5.53. The molecule has 0 spiro atoms. The zero-order valence-corrected chi connectivity index (χ0v) is 8.85. The van der Waals surface area contributed by atoms with Crippen LogP contribution in [-0.4, -0.2) is 4.98 Å². The van der Waals surface area contributed by atoms with E-state index in [0.717, 1.165) is 0 Å². The Morgan fingerprint density at radius 2 is 1.05 bits per heavy atom. The van der Waals surface area contributed by atoms with Gasteiger partial charge in [-0.3, -0.25) is 0 Å². The maximum atomic E-state index is 13.3. The van der Waals surface area contributed by atoms with Crippen LogP contribution in [0.4, 0.5) is 39.5 Å². The number of halogens is 9. The van der Waals surface area contributed by atoms with E-state index in [9.17, 15) is 39.5 Å². The highest BCUT2D eigenvalue weighted by Crippen LogP contribution is 2.35. The van der Waals surface area contributed by atoms with Crippen molar-refractivity contribution in [2.75, 3.05) is 0 Å². The molecule has 0 bridgehead atoms. The Kier molecular flexibility index (Phi) is 3.06. The summed E-state index contributed by atoms with van der Waals surface area (Å²) in [4.78, 5) is 2.31. The average molecular weight is 305 g/mol. The van der Waals surface area contributed by atoms with E-state index in [1.807, 2.05) is 0 Å². The van der Waals surface area contributed by atoms with Gasteiger partial charge >= 0.3 is 6.18 Å². The van der Waals surface area contributed by atoms with Crippen LogP contribution in [0.2, 0.25) is 0 Å². The highest BCUT2D eigenvalue weighted by molar-refractivity contribution is 5.81. The van der Waals surface area contributed by atoms with Gasteiger partial charge in [0.25, 0.3) is 0 Å². The summed E-state index contributed by atoms with van der Waals surface area (Å²) in [6.07, 6.45) is -5.53. The highest BCUT2D eigenvalue weighted by Gasteiger charge is 2.40. The zero-order chi connectivity index (χ0) is 15.4. The number of rotatable bonds is 0. The van der Waals surface area contributed by atoms with Crippen molar-refractivity contribution in [3.8, 4) is 0 Å². The lowest BCUT2D eigenvalue weighted by Crippen LogP contribution is -2.15. The molecule has 20 heavy (non-hydrogen) atoms. The van der Waals surface area contributed by atoms with Crippen molar-refractivity contribution in [3.63, 3.8) is 0 Å². The van der Waals surface area contributed by atoms with E-state index in [-0.39, 0.29) is 0 Å². The third-order valence-electron chi connectivity index (χ3n) is 2.35. The first-order valence-corrected chi connectivity index (χ1v) is 4.65. The van der Waals surface area contributed by atoms with E-state index in [1.54, 1.807) is 0 Å². The Morgan fingerprint density at radius 1 is 0.600 bits per heavy atom. The molecular weight excluding hydrogens is 305 g/mol. The second kappa shape index (κ2) is 4.25. The van der Waals surface area contributed by atoms with Crippen LogP contribution in [0.5, 0.6) is 0 Å². The van der Waals surface area contributed by atoms with Crippen LogP contribution in [0.25, 0.3) is 10.9 Å². The first-order chi connectivity index (χ1) is 9.07. The van der Waals surface area contributed by atoms with Gasteiger partial charge < -0.3 is 0 Å². The van der Waals surface area contributed by atoms with Gasteiger partial charge in [0.2, 0.25) is 0 Å². The van der Waals surface area contributed by atoms with Crippen LogP contribution < -0.4 is 0 Å². The molecule has 0 fully saturated rings. The van der Waals surface area contributed by atoms with Crippen molar-refractivity contribution in [2.45, 2.75) is 6.18 Å². The molecule has 0 aliphatic heterocycles. The molecule has 10 heteroatoms. The van der Waals surface area contributed by atoms with Crippen LogP contribution in [0, 0.1) is 34.9 Å². The molecule has 2 aromatic rings. The number of benzene rings is 1. The van der Waals surface area contributed by atoms with E-state index in [1.165, 1.54) is 0 Å². The summed E-state index contributed by atoms with van der Waals surface area (Å²) >= 11 is 0. The Hall–Kier alpha value is -2.00. The largest absolute Gasteiger partial charge is 0.436 e. The van der Waals surface area contributed by atoms with Gasteiger partial charge in [-0.15, -0.1) is 0 Å². The predicted molar refractivity (Wildman–Crippen MR) is 46.5 cm³/mol. The minimum absolute atomic E-state index is 1.80. The molecule has 0 N–H and O–H groups in total. The summed E-state index contributed by atoms with van der Waals surface area (Å²) < 4.78 is 115. The van der Waals surface area contributed by atoms with Crippen molar-refractivity contribution >= 4 is 10.9 Å². The van der Waals surface area contributed by atoms with Gasteiger partial charge in [0.15, 0.2) is 40.6 Å². The molecule has 0 amide bonds. The SMILES string of the molecule is Fc1c(F)c(F)c2c(F)c(F)c(C(F)(F)F)nc2c1F. The van der Waals surface area contributed by atoms with Crippen LogP contribution in [-0.2, 0) is 6.18 Å². The smallest absolute Gasteiger partial charge is 0.237 e. The quantitative estimate of drug-likeness (QED) is 0.406. The number of hydrogen-bond donors (Lipinski definition) is 0. The molecule has 0 saturated heterocycles. The van der Waals surface area contributed by atoms with Gasteiger partial charge in [-0.05, 0) is 0 Å². The molecule has 0 saturated carbocycles. The summed E-state index contributed by atoms with van der Waals surface area (Å²) in [5.74, 6) is -14.9. The third kappa shape index (κ3) is 1.86. The second-order valence-corrected chi connectivity index (χ2v) is 3.57. The first-order valence-electron chi connectivity index (χ1n) is 4.65. The number of pyridine rings is 1. The Balaban J connectivity index is 3.07. The van der Waals surface area contributed by atoms with E-state index < -0.39 is 57.7 Å². The molecule has 0 radical (unpaired) electrons. The monoisotopic (exact) mass is 305 g/mol. The Morgan fingerprint density at radius 3 is 1.55 bits per heavy atom. The van der Waals surface area contributed by atoms with Crippen molar-refractivity contribution < 1.29 is 39.5 Å². The zero-order valence-electron chi connectivity index (χ0n) is 8.85. The van der Waals surface area contributed by atoms with Gasteiger partial charge in [-0.1, -0.05) is 0 Å². The second-order valence-electron chi connectivity index (χ2n) is 3.57. The van der Waals surface area contributed by atoms with E-state index in [4.69, 9.17) is 0 Å². The molecule has 1 aromatic heterocycles. The van der Waals surface area contributed by atoms with E-state index in [0.29, 0.717) is 0 Å². The Labute approximate surface area is 103 Å². The number of hydrogen-bond acceptors (Lipinski definition) is 1. The van der Waals surface area contributed by atoms with Crippen LogP contribution in [0.1, 0.15) is 5.69 Å². The normalized spacial score (nSPS) is 12.2. The minimum Gasteiger partial charge on any atom is -0.237 e. The van der Waals surface area contributed by atoms with E-state index in [2.05, 4.69) is 4.98 Å². The van der Waals surface area contributed by atoms with Crippen molar-refractivity contribution in [3.05, 3.63) is 40.6 Å². The molecule has 1 nitrogen and oxygen atoms in total. The first kappa shape index (κ1) is 14.4. The summed E-state index contributed by atoms with van der Waals surface area (Å²) in [5.41, 5.74) is -4.31. The molecule has 2 rings (SSSR count). The van der Waals surface area contributed by atoms with Crippen LogP contribution in [0.15, 0.2) is 0 Å². The molecular formula is C10F9N. The van der Waals surface area contributed by atoms with Gasteiger partial charge in [0, 0.05) is 0 Å². The van der Waals surface area contributed by atoms with Crippen molar-refractivity contribution in [2.24, 2.45) is 0 Å². The fourth-order valence-electron chi connectivity index (χ4n) is 1.49. The fraction of sp³-hybridized carbons (Fsp3) is 0.100. The Bertz CT molecular complexity index is 719. The lowest BCUT2D eigenvalue weighted by Gasteiger charge is -2.11. The lowest BCUT2D eigenvalue weighted by atomic mass is 10.1. The summed E-state index contributed by atoms with van der Waals surface area (Å²) in [6, 6.07) is 0. The number of alkyl halides is 3. The highest BCUT2D eigenvalue weighted by atomic mass is 19.4.